The van der Waals surface area contributed by atoms with Gasteiger partial charge in [-0.15, -0.1) is 0 Å². The Morgan fingerprint density at radius 3 is 2.43 bits per heavy atom. The number of piperidine rings is 1. The standard InChI is InChI=1S/C11H11N3O.C11H16N2.H2/c1-9-12-6-7-14(9)11-4-2-10(3-5-11)13-8-15;1-4-8-13(9-5-1)10-11-6-2-3-7-12-11;/h2-8H,1H3,(H,13,15);2-3,6-7H,1,4-5,8-10H2;1H. The molecule has 1 amide bonds. The molecule has 6 heteroatoms. The number of pyridine rings is 1. The maximum absolute atomic E-state index is 10.2. The summed E-state index contributed by atoms with van der Waals surface area (Å²) in [4.78, 5) is 21.2. The lowest BCUT2D eigenvalue weighted by Gasteiger charge is -2.25. The number of amides is 1. The Balaban J connectivity index is 0.000000202. The largest absolute Gasteiger partial charge is 0.329 e. The maximum atomic E-state index is 10.2. The van der Waals surface area contributed by atoms with Gasteiger partial charge in [-0.25, -0.2) is 4.98 Å². The van der Waals surface area contributed by atoms with Crippen molar-refractivity contribution in [1.82, 2.24) is 19.4 Å². The van der Waals surface area contributed by atoms with Gasteiger partial charge in [0.25, 0.3) is 0 Å². The number of anilines is 1. The monoisotopic (exact) mass is 379 g/mol. The molecule has 0 unspecified atom stereocenters. The van der Waals surface area contributed by atoms with Gasteiger partial charge in [0.2, 0.25) is 6.41 Å². The second-order valence-corrected chi connectivity index (χ2v) is 6.81. The second-order valence-electron chi connectivity index (χ2n) is 6.81. The van der Waals surface area contributed by atoms with Crippen molar-refractivity contribution >= 4 is 12.1 Å². The SMILES string of the molecule is Cc1nccn1-c1ccc(NC=O)cc1.[HH].c1ccc(CN2CCCCC2)nc1. The molecule has 1 aliphatic heterocycles. The van der Waals surface area contributed by atoms with Crippen LogP contribution in [-0.2, 0) is 11.3 Å². The highest BCUT2D eigenvalue weighted by Gasteiger charge is 2.10. The van der Waals surface area contributed by atoms with E-state index in [1.807, 2.05) is 54.2 Å². The first-order valence-electron chi connectivity index (χ1n) is 9.69. The highest BCUT2D eigenvalue weighted by Crippen LogP contribution is 2.14. The number of imidazole rings is 1. The molecule has 1 N–H and O–H groups in total. The van der Waals surface area contributed by atoms with Crippen LogP contribution in [0.15, 0.2) is 61.1 Å². The summed E-state index contributed by atoms with van der Waals surface area (Å²) in [7, 11) is 0. The number of aromatic nitrogens is 3. The maximum Gasteiger partial charge on any atom is 0.211 e. The average molecular weight is 380 g/mol. The van der Waals surface area contributed by atoms with Crippen molar-refractivity contribution in [3.63, 3.8) is 0 Å². The number of hydrogen-bond acceptors (Lipinski definition) is 4. The Hall–Kier alpha value is -2.99. The predicted molar refractivity (Wildman–Crippen MR) is 113 cm³/mol. The van der Waals surface area contributed by atoms with Crippen LogP contribution < -0.4 is 5.32 Å². The summed E-state index contributed by atoms with van der Waals surface area (Å²) in [5.41, 5.74) is 3.01. The molecule has 0 atom stereocenters. The molecule has 28 heavy (non-hydrogen) atoms. The Bertz CT molecular complexity index is 845. The second kappa shape index (κ2) is 10.4. The number of nitrogens with one attached hydrogen (secondary N) is 1. The summed E-state index contributed by atoms with van der Waals surface area (Å²) in [5, 5.41) is 2.59. The van der Waals surface area contributed by atoms with Crippen LogP contribution in [0.3, 0.4) is 0 Å². The minimum Gasteiger partial charge on any atom is -0.329 e. The number of nitrogens with zero attached hydrogens (tertiary/aromatic N) is 4. The minimum absolute atomic E-state index is 0. The summed E-state index contributed by atoms with van der Waals surface area (Å²) in [6.45, 7) is 5.46. The summed E-state index contributed by atoms with van der Waals surface area (Å²) in [6.07, 6.45) is 10.3. The highest BCUT2D eigenvalue weighted by molar-refractivity contribution is 5.71. The van der Waals surface area contributed by atoms with Crippen molar-refractivity contribution in [2.75, 3.05) is 18.4 Å². The summed E-state index contributed by atoms with van der Waals surface area (Å²) in [5.74, 6) is 0.936. The molecule has 1 fully saturated rings. The van der Waals surface area contributed by atoms with Gasteiger partial charge >= 0.3 is 0 Å². The van der Waals surface area contributed by atoms with E-state index < -0.39 is 0 Å². The molecule has 1 saturated heterocycles. The van der Waals surface area contributed by atoms with Gasteiger partial charge in [0.05, 0.1) is 5.69 Å². The zero-order valence-corrected chi connectivity index (χ0v) is 16.3. The lowest BCUT2D eigenvalue weighted by Crippen LogP contribution is -2.29. The number of carbonyl (C=O) groups is 1. The van der Waals surface area contributed by atoms with Crippen LogP contribution in [0, 0.1) is 6.92 Å². The van der Waals surface area contributed by atoms with E-state index in [0.717, 1.165) is 23.7 Å². The van der Waals surface area contributed by atoms with E-state index in [9.17, 15) is 4.79 Å². The van der Waals surface area contributed by atoms with Gasteiger partial charge in [-0.1, -0.05) is 12.5 Å². The molecule has 1 aliphatic rings. The van der Waals surface area contributed by atoms with Crippen LogP contribution in [0.5, 0.6) is 0 Å². The molecular formula is C22H29N5O. The van der Waals surface area contributed by atoms with Gasteiger partial charge in [0.1, 0.15) is 5.82 Å². The third-order valence-corrected chi connectivity index (χ3v) is 4.76. The first-order chi connectivity index (χ1) is 13.8. The van der Waals surface area contributed by atoms with E-state index >= 15 is 0 Å². The molecule has 3 heterocycles. The highest BCUT2D eigenvalue weighted by atomic mass is 16.1. The molecule has 2 aromatic heterocycles. The van der Waals surface area contributed by atoms with Gasteiger partial charge in [-0.05, 0) is 69.3 Å². The lowest BCUT2D eigenvalue weighted by molar-refractivity contribution is -0.105. The first-order valence-corrected chi connectivity index (χ1v) is 9.69. The minimum atomic E-state index is 0. The van der Waals surface area contributed by atoms with Crippen molar-refractivity contribution in [3.8, 4) is 5.69 Å². The third-order valence-electron chi connectivity index (χ3n) is 4.76. The Morgan fingerprint density at radius 1 is 1.04 bits per heavy atom. The smallest absolute Gasteiger partial charge is 0.211 e. The van der Waals surface area contributed by atoms with Crippen LogP contribution in [0.1, 0.15) is 32.2 Å². The van der Waals surface area contributed by atoms with E-state index in [4.69, 9.17) is 0 Å². The van der Waals surface area contributed by atoms with E-state index in [2.05, 4.69) is 32.3 Å². The van der Waals surface area contributed by atoms with Crippen LogP contribution in [0.2, 0.25) is 0 Å². The van der Waals surface area contributed by atoms with Crippen molar-refractivity contribution in [2.45, 2.75) is 32.7 Å². The lowest BCUT2D eigenvalue weighted by atomic mass is 10.1. The van der Waals surface area contributed by atoms with Crippen molar-refractivity contribution in [1.29, 1.82) is 0 Å². The number of carbonyl (C=O) groups excluding carboxylic acids is 1. The first kappa shape index (κ1) is 19.8. The van der Waals surface area contributed by atoms with Crippen LogP contribution >= 0.6 is 0 Å². The number of aryl methyl sites for hydroxylation is 1. The molecule has 0 radical (unpaired) electrons. The predicted octanol–water partition coefficient (Wildman–Crippen LogP) is 4.06. The summed E-state index contributed by atoms with van der Waals surface area (Å²) >= 11 is 0. The fourth-order valence-corrected chi connectivity index (χ4v) is 3.28. The van der Waals surface area contributed by atoms with Gasteiger partial charge in [-0.3, -0.25) is 14.7 Å². The van der Waals surface area contributed by atoms with E-state index in [0.29, 0.717) is 6.41 Å². The van der Waals surface area contributed by atoms with Gasteiger partial charge < -0.3 is 9.88 Å². The molecular weight excluding hydrogens is 350 g/mol. The summed E-state index contributed by atoms with van der Waals surface area (Å²) in [6, 6.07) is 13.7. The quantitative estimate of drug-likeness (QED) is 0.679. The molecule has 4 rings (SSSR count). The number of benzene rings is 1. The normalized spacial score (nSPS) is 14.0. The molecule has 0 saturated carbocycles. The molecule has 148 valence electrons. The van der Waals surface area contributed by atoms with Crippen molar-refractivity contribution in [3.05, 3.63) is 72.6 Å². The fourth-order valence-electron chi connectivity index (χ4n) is 3.28. The number of likely N-dealkylation sites (tertiary alicyclic amines) is 1. The van der Waals surface area contributed by atoms with Crippen molar-refractivity contribution < 1.29 is 6.22 Å². The summed E-state index contributed by atoms with van der Waals surface area (Å²) < 4.78 is 1.98. The molecule has 0 spiro atoms. The van der Waals surface area contributed by atoms with Crippen molar-refractivity contribution in [2.24, 2.45) is 0 Å². The van der Waals surface area contributed by atoms with Gasteiger partial charge in [0, 0.05) is 37.9 Å². The Morgan fingerprint density at radius 2 is 1.82 bits per heavy atom. The van der Waals surface area contributed by atoms with Gasteiger partial charge in [-0.2, -0.15) is 0 Å². The molecule has 6 nitrogen and oxygen atoms in total. The van der Waals surface area contributed by atoms with Crippen LogP contribution in [-0.4, -0.2) is 38.9 Å². The van der Waals surface area contributed by atoms with E-state index in [1.165, 1.54) is 38.0 Å². The van der Waals surface area contributed by atoms with Crippen LogP contribution in [0.4, 0.5) is 5.69 Å². The van der Waals surface area contributed by atoms with Crippen LogP contribution in [0.25, 0.3) is 5.69 Å². The van der Waals surface area contributed by atoms with E-state index in [1.54, 1.807) is 6.20 Å². The zero-order chi connectivity index (χ0) is 19.6. The number of hydrogen-bond donors (Lipinski definition) is 1. The fraction of sp³-hybridized carbons (Fsp3) is 0.318. The molecule has 0 aliphatic carbocycles. The van der Waals surface area contributed by atoms with E-state index in [-0.39, 0.29) is 1.43 Å². The number of rotatable bonds is 5. The molecule has 1 aromatic carbocycles. The van der Waals surface area contributed by atoms with Gasteiger partial charge in [0.15, 0.2) is 0 Å². The topological polar surface area (TPSA) is 63.1 Å². The zero-order valence-electron chi connectivity index (χ0n) is 16.3. The molecule has 0 bridgehead atoms. The third kappa shape index (κ3) is 5.76. The average Bonchev–Trinajstić information content (AvgIpc) is 3.17. The Labute approximate surface area is 167 Å². The Kier molecular flexibility index (Phi) is 7.32. The molecule has 3 aromatic rings.